The number of hydrogen-bond donors (Lipinski definition) is 1. The minimum Gasteiger partial charge on any atom is -0.480 e. The number of hydrogen-bond acceptors (Lipinski definition) is 2. The maximum atomic E-state index is 12.7. The van der Waals surface area contributed by atoms with Crippen LogP contribution in [0.2, 0.25) is 0 Å². The molecule has 0 aromatic carbocycles. The van der Waals surface area contributed by atoms with E-state index in [0.717, 1.165) is 25.9 Å². The second-order valence-corrected chi connectivity index (χ2v) is 6.62. The van der Waals surface area contributed by atoms with Crippen molar-refractivity contribution < 1.29 is 14.7 Å². The smallest absolute Gasteiger partial charge is 0.326 e. The second kappa shape index (κ2) is 5.62. The largest absolute Gasteiger partial charge is 0.480 e. The molecule has 2 aliphatic carbocycles. The number of rotatable bonds is 5. The van der Waals surface area contributed by atoms with Gasteiger partial charge in [-0.15, -0.1) is 0 Å². The molecule has 1 unspecified atom stereocenters. The van der Waals surface area contributed by atoms with Gasteiger partial charge in [0, 0.05) is 19.6 Å². The van der Waals surface area contributed by atoms with Crippen LogP contribution >= 0.6 is 0 Å². The number of amides is 2. The molecule has 1 saturated heterocycles. The van der Waals surface area contributed by atoms with E-state index in [-0.39, 0.29) is 6.03 Å². The van der Waals surface area contributed by atoms with Crippen molar-refractivity contribution in [2.45, 2.75) is 51.0 Å². The molecule has 0 spiro atoms. The van der Waals surface area contributed by atoms with Crippen LogP contribution in [0.3, 0.4) is 0 Å². The highest BCUT2D eigenvalue weighted by molar-refractivity contribution is 5.83. The number of carbonyl (C=O) groups excluding carboxylic acids is 1. The van der Waals surface area contributed by atoms with Crippen LogP contribution in [0.5, 0.6) is 0 Å². The Morgan fingerprint density at radius 1 is 1.00 bits per heavy atom. The fourth-order valence-electron chi connectivity index (χ4n) is 3.05. The summed E-state index contributed by atoms with van der Waals surface area (Å²) in [6.45, 7) is 2.26. The fraction of sp³-hybridized carbons (Fsp3) is 0.867. The van der Waals surface area contributed by atoms with Crippen molar-refractivity contribution in [2.75, 3.05) is 19.6 Å². The topological polar surface area (TPSA) is 60.9 Å². The third kappa shape index (κ3) is 3.25. The molecule has 2 saturated carbocycles. The van der Waals surface area contributed by atoms with E-state index in [9.17, 15) is 14.7 Å². The lowest BCUT2D eigenvalue weighted by Gasteiger charge is -2.37. The zero-order chi connectivity index (χ0) is 14.1. The van der Waals surface area contributed by atoms with Crippen LogP contribution in [0.15, 0.2) is 0 Å². The number of aliphatic carboxylic acids is 1. The Hall–Kier alpha value is -1.26. The normalized spacial score (nSPS) is 26.4. The highest BCUT2D eigenvalue weighted by Gasteiger charge is 2.38. The molecule has 20 heavy (non-hydrogen) atoms. The molecule has 5 heteroatoms. The first-order chi connectivity index (χ1) is 9.65. The molecule has 0 aromatic rings. The van der Waals surface area contributed by atoms with Crippen molar-refractivity contribution in [1.82, 2.24) is 9.80 Å². The molecule has 5 nitrogen and oxygen atoms in total. The Morgan fingerprint density at radius 2 is 1.60 bits per heavy atom. The molecule has 3 rings (SSSR count). The molecule has 1 heterocycles. The average molecular weight is 280 g/mol. The first-order valence-electron chi connectivity index (χ1n) is 7.93. The summed E-state index contributed by atoms with van der Waals surface area (Å²) in [5.74, 6) is 0.465. The minimum absolute atomic E-state index is 0.0316. The van der Waals surface area contributed by atoms with Crippen LogP contribution in [-0.4, -0.2) is 52.6 Å². The van der Waals surface area contributed by atoms with Crippen molar-refractivity contribution in [3.05, 3.63) is 0 Å². The average Bonchev–Trinajstić information content (AvgIpc) is 3.32. The summed E-state index contributed by atoms with van der Waals surface area (Å²) in [6.07, 6.45) is 7.31. The number of likely N-dealkylation sites (tertiary alicyclic amines) is 1. The molecular formula is C15H24N2O3. The van der Waals surface area contributed by atoms with Crippen molar-refractivity contribution in [3.8, 4) is 0 Å². The van der Waals surface area contributed by atoms with Gasteiger partial charge >= 0.3 is 12.0 Å². The second-order valence-electron chi connectivity index (χ2n) is 6.62. The van der Waals surface area contributed by atoms with Gasteiger partial charge in [-0.25, -0.2) is 9.59 Å². The first-order valence-corrected chi connectivity index (χ1v) is 7.93. The van der Waals surface area contributed by atoms with Crippen molar-refractivity contribution in [1.29, 1.82) is 0 Å². The lowest BCUT2D eigenvalue weighted by molar-refractivity contribution is -0.143. The van der Waals surface area contributed by atoms with Gasteiger partial charge in [-0.1, -0.05) is 0 Å². The molecule has 2 amide bonds. The number of carboxylic acids is 1. The van der Waals surface area contributed by atoms with E-state index in [1.165, 1.54) is 25.7 Å². The van der Waals surface area contributed by atoms with E-state index in [1.54, 1.807) is 4.90 Å². The molecule has 3 aliphatic rings. The van der Waals surface area contributed by atoms with Crippen LogP contribution in [0.25, 0.3) is 0 Å². The summed E-state index contributed by atoms with van der Waals surface area (Å²) >= 11 is 0. The molecule has 1 aliphatic heterocycles. The minimum atomic E-state index is -0.851. The summed E-state index contributed by atoms with van der Waals surface area (Å²) in [5, 5.41) is 9.32. The predicted octanol–water partition coefficient (Wildman–Crippen LogP) is 2.17. The van der Waals surface area contributed by atoms with Crippen molar-refractivity contribution in [3.63, 3.8) is 0 Å². The summed E-state index contributed by atoms with van der Waals surface area (Å²) in [4.78, 5) is 27.6. The summed E-state index contributed by atoms with van der Waals surface area (Å²) in [5.41, 5.74) is 0. The van der Waals surface area contributed by atoms with Crippen LogP contribution in [-0.2, 0) is 4.79 Å². The maximum absolute atomic E-state index is 12.7. The molecular weight excluding hydrogens is 256 g/mol. The van der Waals surface area contributed by atoms with Crippen molar-refractivity contribution >= 4 is 12.0 Å². The molecule has 1 atom stereocenters. The predicted molar refractivity (Wildman–Crippen MR) is 74.4 cm³/mol. The molecule has 3 fully saturated rings. The number of urea groups is 1. The third-order valence-electron chi connectivity index (χ3n) is 4.66. The summed E-state index contributed by atoms with van der Waals surface area (Å²) in [7, 11) is 0. The van der Waals surface area contributed by atoms with Crippen molar-refractivity contribution in [2.24, 2.45) is 11.8 Å². The molecule has 0 bridgehead atoms. The third-order valence-corrected chi connectivity index (χ3v) is 4.66. The first kappa shape index (κ1) is 13.7. The van der Waals surface area contributed by atoms with Crippen LogP contribution in [0, 0.1) is 11.8 Å². The van der Waals surface area contributed by atoms with Crippen LogP contribution < -0.4 is 0 Å². The number of carboxylic acid groups (broad SMARTS) is 1. The highest BCUT2D eigenvalue weighted by Crippen LogP contribution is 2.34. The van der Waals surface area contributed by atoms with Crippen LogP contribution in [0.4, 0.5) is 4.79 Å². The van der Waals surface area contributed by atoms with Gasteiger partial charge in [-0.2, -0.15) is 0 Å². The Morgan fingerprint density at radius 3 is 2.10 bits per heavy atom. The Balaban J connectivity index is 1.66. The van der Waals surface area contributed by atoms with Gasteiger partial charge in [-0.05, 0) is 56.8 Å². The monoisotopic (exact) mass is 280 g/mol. The van der Waals surface area contributed by atoms with E-state index in [0.29, 0.717) is 24.8 Å². The van der Waals surface area contributed by atoms with Gasteiger partial charge in [0.2, 0.25) is 0 Å². The van der Waals surface area contributed by atoms with Gasteiger partial charge < -0.3 is 14.9 Å². The number of piperidine rings is 1. The van der Waals surface area contributed by atoms with Gasteiger partial charge in [-0.3, -0.25) is 0 Å². The SMILES string of the molecule is O=C(O)C1CCCCN1C(=O)N(CC1CC1)CC1CC1. The van der Waals surface area contributed by atoms with E-state index >= 15 is 0 Å². The standard InChI is InChI=1S/C15H24N2O3/c18-14(19)13-3-1-2-8-17(13)15(20)16(9-11-4-5-11)10-12-6-7-12/h11-13H,1-10H2,(H,18,19). The highest BCUT2D eigenvalue weighted by atomic mass is 16.4. The molecule has 112 valence electrons. The Bertz CT molecular complexity index is 377. The van der Waals surface area contributed by atoms with E-state index in [4.69, 9.17) is 0 Å². The lowest BCUT2D eigenvalue weighted by atomic mass is 10.0. The van der Waals surface area contributed by atoms with Gasteiger partial charge in [0.1, 0.15) is 6.04 Å². The van der Waals surface area contributed by atoms with Gasteiger partial charge in [0.15, 0.2) is 0 Å². The maximum Gasteiger partial charge on any atom is 0.326 e. The summed E-state index contributed by atoms with van der Waals surface area (Å²) in [6, 6.07) is -0.645. The lowest BCUT2D eigenvalue weighted by Crippen LogP contribution is -2.53. The molecule has 0 radical (unpaired) electrons. The number of nitrogens with zero attached hydrogens (tertiary/aromatic N) is 2. The van der Waals surface area contributed by atoms with Crippen LogP contribution in [0.1, 0.15) is 44.9 Å². The summed E-state index contributed by atoms with van der Waals surface area (Å²) < 4.78 is 0. The van der Waals surface area contributed by atoms with E-state index in [2.05, 4.69) is 0 Å². The zero-order valence-corrected chi connectivity index (χ0v) is 12.0. The molecule has 1 N–H and O–H groups in total. The number of carbonyl (C=O) groups is 2. The Kier molecular flexibility index (Phi) is 3.85. The zero-order valence-electron chi connectivity index (χ0n) is 12.0. The molecule has 0 aromatic heterocycles. The Labute approximate surface area is 119 Å². The van der Waals surface area contributed by atoms with E-state index in [1.807, 2.05) is 4.90 Å². The quantitative estimate of drug-likeness (QED) is 0.839. The van der Waals surface area contributed by atoms with Gasteiger partial charge in [0.25, 0.3) is 0 Å². The van der Waals surface area contributed by atoms with Gasteiger partial charge in [0.05, 0.1) is 0 Å². The fourth-order valence-corrected chi connectivity index (χ4v) is 3.05. The van der Waals surface area contributed by atoms with E-state index < -0.39 is 12.0 Å².